The number of halogens is 1. The molecule has 4 nitrogen and oxygen atoms in total. The van der Waals surface area contributed by atoms with Crippen LogP contribution >= 0.6 is 0 Å². The van der Waals surface area contributed by atoms with E-state index in [9.17, 15) is 4.39 Å². The lowest BCUT2D eigenvalue weighted by molar-refractivity contribution is 0.122. The Balaban J connectivity index is 1.77. The normalized spacial score (nSPS) is 21.1. The van der Waals surface area contributed by atoms with E-state index in [-0.39, 0.29) is 5.82 Å². The second kappa shape index (κ2) is 6.52. The molecule has 2 fully saturated rings. The molecule has 0 spiro atoms. The van der Waals surface area contributed by atoms with E-state index in [1.165, 1.54) is 0 Å². The summed E-state index contributed by atoms with van der Waals surface area (Å²) in [6.45, 7) is 8.20. The molecule has 1 N–H and O–H groups in total. The van der Waals surface area contributed by atoms with Gasteiger partial charge in [-0.25, -0.2) is 4.39 Å². The molecule has 2 aliphatic heterocycles. The molecule has 1 aromatic carbocycles. The van der Waals surface area contributed by atoms with Crippen LogP contribution in [0.25, 0.3) is 0 Å². The number of morpholine rings is 1. The van der Waals surface area contributed by atoms with Gasteiger partial charge in [0.2, 0.25) is 0 Å². The van der Waals surface area contributed by atoms with Gasteiger partial charge >= 0.3 is 0 Å². The summed E-state index contributed by atoms with van der Waals surface area (Å²) in [5, 5.41) is 3.35. The van der Waals surface area contributed by atoms with Crippen LogP contribution < -0.4 is 10.2 Å². The van der Waals surface area contributed by atoms with Gasteiger partial charge in [0.25, 0.3) is 0 Å². The highest BCUT2D eigenvalue weighted by molar-refractivity contribution is 5.54. The maximum absolute atomic E-state index is 13.6. The molecule has 1 aromatic rings. The lowest BCUT2D eigenvalue weighted by Gasteiger charge is -2.33. The summed E-state index contributed by atoms with van der Waals surface area (Å²) < 4.78 is 19.0. The molecule has 5 heteroatoms. The molecule has 0 radical (unpaired) electrons. The first-order valence-corrected chi connectivity index (χ1v) is 7.37. The monoisotopic (exact) mass is 279 g/mol. The quantitative estimate of drug-likeness (QED) is 0.896. The Morgan fingerprint density at radius 1 is 1.10 bits per heavy atom. The molecule has 0 saturated carbocycles. The van der Waals surface area contributed by atoms with Crippen LogP contribution in [0.3, 0.4) is 0 Å². The summed E-state index contributed by atoms with van der Waals surface area (Å²) in [4.78, 5) is 4.69. The smallest absolute Gasteiger partial charge is 0.123 e. The molecule has 0 amide bonds. The molecule has 2 heterocycles. The fraction of sp³-hybridized carbons (Fsp3) is 0.600. The maximum atomic E-state index is 13.6. The highest BCUT2D eigenvalue weighted by Crippen LogP contribution is 2.24. The van der Waals surface area contributed by atoms with Crippen molar-refractivity contribution in [1.82, 2.24) is 10.2 Å². The van der Waals surface area contributed by atoms with Crippen LogP contribution in [0.1, 0.15) is 5.56 Å². The topological polar surface area (TPSA) is 27.7 Å². The van der Waals surface area contributed by atoms with Crippen molar-refractivity contribution in [3.05, 3.63) is 29.6 Å². The number of ether oxygens (including phenoxy) is 1. The second-order valence-electron chi connectivity index (χ2n) is 5.40. The third-order valence-corrected chi connectivity index (χ3v) is 4.00. The Morgan fingerprint density at radius 2 is 1.85 bits per heavy atom. The lowest BCUT2D eigenvalue weighted by Crippen LogP contribution is -2.43. The number of rotatable bonds is 3. The summed E-state index contributed by atoms with van der Waals surface area (Å²) in [5.74, 6) is -0.146. The molecule has 0 unspecified atom stereocenters. The van der Waals surface area contributed by atoms with Crippen LogP contribution in [-0.2, 0) is 11.3 Å². The van der Waals surface area contributed by atoms with Crippen LogP contribution in [-0.4, -0.2) is 57.4 Å². The van der Waals surface area contributed by atoms with Crippen molar-refractivity contribution in [2.45, 2.75) is 6.54 Å². The van der Waals surface area contributed by atoms with Gasteiger partial charge in [0, 0.05) is 51.5 Å². The predicted molar refractivity (Wildman–Crippen MR) is 77.6 cm³/mol. The molecule has 3 rings (SSSR count). The molecule has 0 aromatic heterocycles. The SMILES string of the molecule is Fc1ccc(N2CCOCC2)c(CN2CCNCC2)c1. The van der Waals surface area contributed by atoms with Crippen molar-refractivity contribution in [2.24, 2.45) is 0 Å². The maximum Gasteiger partial charge on any atom is 0.123 e. The van der Waals surface area contributed by atoms with Gasteiger partial charge in [0.1, 0.15) is 5.82 Å². The summed E-state index contributed by atoms with van der Waals surface area (Å²) in [6, 6.07) is 5.16. The zero-order chi connectivity index (χ0) is 13.8. The van der Waals surface area contributed by atoms with Gasteiger partial charge in [-0.05, 0) is 23.8 Å². The number of benzene rings is 1. The van der Waals surface area contributed by atoms with E-state index in [1.54, 1.807) is 12.1 Å². The number of hydrogen-bond donors (Lipinski definition) is 1. The zero-order valence-electron chi connectivity index (χ0n) is 11.8. The fourth-order valence-electron chi connectivity index (χ4n) is 2.90. The van der Waals surface area contributed by atoms with Crippen molar-refractivity contribution < 1.29 is 9.13 Å². The molecule has 110 valence electrons. The lowest BCUT2D eigenvalue weighted by atomic mass is 10.1. The van der Waals surface area contributed by atoms with Gasteiger partial charge < -0.3 is 15.0 Å². The van der Waals surface area contributed by atoms with Crippen molar-refractivity contribution in [1.29, 1.82) is 0 Å². The molecule has 0 aliphatic carbocycles. The Bertz CT molecular complexity index is 443. The number of nitrogens with one attached hydrogen (secondary N) is 1. The Hall–Kier alpha value is -1.17. The Kier molecular flexibility index (Phi) is 4.50. The summed E-state index contributed by atoms with van der Waals surface area (Å²) in [6.07, 6.45) is 0. The van der Waals surface area contributed by atoms with E-state index < -0.39 is 0 Å². The van der Waals surface area contributed by atoms with E-state index in [4.69, 9.17) is 4.74 Å². The number of anilines is 1. The van der Waals surface area contributed by atoms with Crippen molar-refractivity contribution in [2.75, 3.05) is 57.4 Å². The van der Waals surface area contributed by atoms with Gasteiger partial charge in [-0.1, -0.05) is 0 Å². The first-order valence-electron chi connectivity index (χ1n) is 7.37. The zero-order valence-corrected chi connectivity index (χ0v) is 11.8. The molecule has 0 atom stereocenters. The van der Waals surface area contributed by atoms with Crippen LogP contribution in [0.5, 0.6) is 0 Å². The fourth-order valence-corrected chi connectivity index (χ4v) is 2.90. The van der Waals surface area contributed by atoms with Crippen LogP contribution in [0.2, 0.25) is 0 Å². The van der Waals surface area contributed by atoms with Crippen LogP contribution in [0, 0.1) is 5.82 Å². The molecule has 20 heavy (non-hydrogen) atoms. The minimum absolute atomic E-state index is 0.146. The van der Waals surface area contributed by atoms with E-state index in [2.05, 4.69) is 15.1 Å². The van der Waals surface area contributed by atoms with Crippen molar-refractivity contribution in [3.63, 3.8) is 0 Å². The minimum Gasteiger partial charge on any atom is -0.378 e. The van der Waals surface area contributed by atoms with Gasteiger partial charge in [-0.3, -0.25) is 4.90 Å². The first-order chi connectivity index (χ1) is 9.83. The Labute approximate surface area is 119 Å². The minimum atomic E-state index is -0.146. The highest BCUT2D eigenvalue weighted by atomic mass is 19.1. The van der Waals surface area contributed by atoms with E-state index in [1.807, 2.05) is 6.07 Å². The van der Waals surface area contributed by atoms with Crippen molar-refractivity contribution in [3.8, 4) is 0 Å². The van der Waals surface area contributed by atoms with Gasteiger partial charge in [-0.15, -0.1) is 0 Å². The Morgan fingerprint density at radius 3 is 2.60 bits per heavy atom. The average molecular weight is 279 g/mol. The number of nitrogens with zero attached hydrogens (tertiary/aromatic N) is 2. The predicted octanol–water partition coefficient (Wildman–Crippen LogP) is 1.07. The van der Waals surface area contributed by atoms with Gasteiger partial charge in [-0.2, -0.15) is 0 Å². The first kappa shape index (κ1) is 13.8. The largest absolute Gasteiger partial charge is 0.378 e. The molecular weight excluding hydrogens is 257 g/mol. The molecule has 2 saturated heterocycles. The number of hydrogen-bond acceptors (Lipinski definition) is 4. The van der Waals surface area contributed by atoms with Gasteiger partial charge in [0.05, 0.1) is 13.2 Å². The van der Waals surface area contributed by atoms with Gasteiger partial charge in [0.15, 0.2) is 0 Å². The average Bonchev–Trinajstić information content (AvgIpc) is 2.49. The van der Waals surface area contributed by atoms with E-state index >= 15 is 0 Å². The third kappa shape index (κ3) is 3.29. The molecule has 0 bridgehead atoms. The third-order valence-electron chi connectivity index (χ3n) is 4.00. The molecular formula is C15H22FN3O. The number of piperazine rings is 1. The standard InChI is InChI=1S/C15H22FN3O/c16-14-1-2-15(19-7-9-20-10-8-19)13(11-14)12-18-5-3-17-4-6-18/h1-2,11,17H,3-10,12H2. The highest BCUT2D eigenvalue weighted by Gasteiger charge is 2.18. The van der Waals surface area contributed by atoms with Crippen molar-refractivity contribution >= 4 is 5.69 Å². The second-order valence-corrected chi connectivity index (χ2v) is 5.40. The van der Waals surface area contributed by atoms with Crippen LogP contribution in [0.4, 0.5) is 10.1 Å². The summed E-state index contributed by atoms with van der Waals surface area (Å²) in [7, 11) is 0. The van der Waals surface area contributed by atoms with Crippen LogP contribution in [0.15, 0.2) is 18.2 Å². The molecule has 2 aliphatic rings. The van der Waals surface area contributed by atoms with E-state index in [0.717, 1.165) is 70.3 Å². The van der Waals surface area contributed by atoms with E-state index in [0.29, 0.717) is 0 Å². The summed E-state index contributed by atoms with van der Waals surface area (Å²) in [5.41, 5.74) is 2.25. The summed E-state index contributed by atoms with van der Waals surface area (Å²) >= 11 is 0.